The maximum Gasteiger partial charge on any atom is 0.246 e. The van der Waals surface area contributed by atoms with Crippen LogP contribution in [0.4, 0.5) is 5.82 Å². The number of halogens is 1. The van der Waals surface area contributed by atoms with Crippen LogP contribution in [-0.2, 0) is 4.79 Å². The fourth-order valence-electron chi connectivity index (χ4n) is 3.53. The Morgan fingerprint density at radius 1 is 1.31 bits per heavy atom. The second-order valence-electron chi connectivity index (χ2n) is 6.35. The van der Waals surface area contributed by atoms with Crippen LogP contribution in [0.2, 0.25) is 5.02 Å². The van der Waals surface area contributed by atoms with Gasteiger partial charge in [-0.15, -0.1) is 0 Å². The monoisotopic (exact) mass is 367 g/mol. The van der Waals surface area contributed by atoms with Gasteiger partial charge in [0.05, 0.1) is 11.4 Å². The summed E-state index contributed by atoms with van der Waals surface area (Å²) >= 11 is 6.02. The number of nitrogen functional groups attached to an aromatic ring is 1. The third-order valence-corrected chi connectivity index (χ3v) is 5.09. The van der Waals surface area contributed by atoms with Crippen molar-refractivity contribution in [3.8, 4) is 11.1 Å². The highest BCUT2D eigenvalue weighted by Crippen LogP contribution is 2.36. The Balaban J connectivity index is 1.82. The Morgan fingerprint density at radius 2 is 2.08 bits per heavy atom. The summed E-state index contributed by atoms with van der Waals surface area (Å²) in [7, 11) is 0. The smallest absolute Gasteiger partial charge is 0.246 e. The van der Waals surface area contributed by atoms with Crippen molar-refractivity contribution in [2.75, 3.05) is 18.8 Å². The Kier molecular flexibility index (Phi) is 4.12. The Bertz CT molecular complexity index is 995. The molecule has 0 spiro atoms. The van der Waals surface area contributed by atoms with Gasteiger partial charge in [-0.05, 0) is 30.2 Å². The van der Waals surface area contributed by atoms with E-state index in [0.29, 0.717) is 23.9 Å². The van der Waals surface area contributed by atoms with E-state index in [2.05, 4.69) is 21.1 Å². The number of anilines is 1. The van der Waals surface area contributed by atoms with Crippen LogP contribution in [0.5, 0.6) is 0 Å². The summed E-state index contributed by atoms with van der Waals surface area (Å²) in [6.45, 7) is 4.89. The molecule has 7 heteroatoms. The van der Waals surface area contributed by atoms with E-state index < -0.39 is 0 Å². The molecule has 2 aromatic heterocycles. The van der Waals surface area contributed by atoms with Gasteiger partial charge in [0.25, 0.3) is 0 Å². The van der Waals surface area contributed by atoms with Crippen LogP contribution in [0.15, 0.2) is 49.4 Å². The van der Waals surface area contributed by atoms with Gasteiger partial charge in [-0.3, -0.25) is 4.79 Å². The lowest BCUT2D eigenvalue weighted by molar-refractivity contribution is -0.125. The third kappa shape index (κ3) is 2.72. The summed E-state index contributed by atoms with van der Waals surface area (Å²) in [5, 5.41) is 1.50. The van der Waals surface area contributed by atoms with Crippen LogP contribution in [0.1, 0.15) is 12.5 Å². The lowest BCUT2D eigenvalue weighted by Crippen LogP contribution is -2.27. The standard InChI is InChI=1S/C19H18ClN5O/c1-2-16(26)24-8-7-14(9-24)25-10-15(12-3-5-13(20)6-4-12)17-18(21)22-11-23-19(17)25/h2-6,10-11,14H,1,7-9H2,(H2,21,22,23). The van der Waals surface area contributed by atoms with Gasteiger partial charge in [0.2, 0.25) is 5.91 Å². The summed E-state index contributed by atoms with van der Waals surface area (Å²) in [6.07, 6.45) is 5.73. The molecule has 1 saturated heterocycles. The van der Waals surface area contributed by atoms with Crippen molar-refractivity contribution in [2.24, 2.45) is 0 Å². The van der Waals surface area contributed by atoms with E-state index in [9.17, 15) is 4.79 Å². The van der Waals surface area contributed by atoms with Gasteiger partial charge in [-0.25, -0.2) is 9.97 Å². The first-order chi connectivity index (χ1) is 12.6. The number of carbonyl (C=O) groups excluding carboxylic acids is 1. The Hall–Kier alpha value is -2.86. The maximum absolute atomic E-state index is 11.9. The molecule has 1 aliphatic heterocycles. The van der Waals surface area contributed by atoms with Crippen molar-refractivity contribution < 1.29 is 4.79 Å². The average molecular weight is 368 g/mol. The fraction of sp³-hybridized carbons (Fsp3) is 0.211. The first kappa shape index (κ1) is 16.6. The Morgan fingerprint density at radius 3 is 2.81 bits per heavy atom. The molecule has 1 amide bonds. The molecule has 1 aromatic carbocycles. The summed E-state index contributed by atoms with van der Waals surface area (Å²) < 4.78 is 2.10. The van der Waals surface area contributed by atoms with Gasteiger partial charge in [0, 0.05) is 29.9 Å². The molecule has 1 aliphatic rings. The normalized spacial score (nSPS) is 17.0. The molecular weight excluding hydrogens is 350 g/mol. The molecule has 3 heterocycles. The van der Waals surface area contributed by atoms with Crippen LogP contribution >= 0.6 is 11.6 Å². The van der Waals surface area contributed by atoms with E-state index in [1.807, 2.05) is 30.5 Å². The van der Waals surface area contributed by atoms with Crippen molar-refractivity contribution in [3.63, 3.8) is 0 Å². The molecule has 4 rings (SSSR count). The molecule has 3 aromatic rings. The molecule has 0 bridgehead atoms. The average Bonchev–Trinajstić information content (AvgIpc) is 3.27. The minimum atomic E-state index is -0.0453. The first-order valence-electron chi connectivity index (χ1n) is 8.36. The van der Waals surface area contributed by atoms with Crippen molar-refractivity contribution in [1.29, 1.82) is 0 Å². The zero-order valence-corrected chi connectivity index (χ0v) is 14.9. The van der Waals surface area contributed by atoms with Gasteiger partial charge in [-0.2, -0.15) is 0 Å². The number of fused-ring (bicyclic) bond motifs is 1. The van der Waals surface area contributed by atoms with Gasteiger partial charge in [0.1, 0.15) is 17.8 Å². The van der Waals surface area contributed by atoms with Crippen LogP contribution in [0, 0.1) is 0 Å². The highest BCUT2D eigenvalue weighted by Gasteiger charge is 2.28. The van der Waals surface area contributed by atoms with Crippen molar-refractivity contribution in [1.82, 2.24) is 19.4 Å². The van der Waals surface area contributed by atoms with E-state index in [-0.39, 0.29) is 11.9 Å². The zero-order valence-electron chi connectivity index (χ0n) is 14.1. The molecule has 1 fully saturated rings. The van der Waals surface area contributed by atoms with Crippen LogP contribution in [-0.4, -0.2) is 38.4 Å². The number of benzene rings is 1. The minimum absolute atomic E-state index is 0.0453. The molecular formula is C19H18ClN5O. The predicted molar refractivity (Wildman–Crippen MR) is 103 cm³/mol. The van der Waals surface area contributed by atoms with Gasteiger partial charge in [-0.1, -0.05) is 30.3 Å². The Labute approximate surface area is 155 Å². The number of nitrogens with two attached hydrogens (primary N) is 1. The van der Waals surface area contributed by atoms with Crippen molar-refractivity contribution in [3.05, 3.63) is 54.5 Å². The van der Waals surface area contributed by atoms with E-state index in [4.69, 9.17) is 17.3 Å². The molecule has 26 heavy (non-hydrogen) atoms. The summed E-state index contributed by atoms with van der Waals surface area (Å²) in [5.74, 6) is 0.395. The molecule has 1 atom stereocenters. The molecule has 0 aliphatic carbocycles. The number of rotatable bonds is 3. The zero-order chi connectivity index (χ0) is 18.3. The number of aromatic nitrogens is 3. The second kappa shape index (κ2) is 6.46. The number of likely N-dealkylation sites (tertiary alicyclic amines) is 1. The maximum atomic E-state index is 11.9. The number of nitrogens with zero attached hydrogens (tertiary/aromatic N) is 4. The summed E-state index contributed by atoms with van der Waals surface area (Å²) in [4.78, 5) is 22.3. The van der Waals surface area contributed by atoms with Crippen molar-refractivity contribution >= 4 is 34.4 Å². The SMILES string of the molecule is C=CC(=O)N1CCC(n2cc(-c3ccc(Cl)cc3)c3c(N)ncnc32)C1. The van der Waals surface area contributed by atoms with Crippen molar-refractivity contribution in [2.45, 2.75) is 12.5 Å². The molecule has 6 nitrogen and oxygen atoms in total. The largest absolute Gasteiger partial charge is 0.383 e. The number of amides is 1. The van der Waals surface area contributed by atoms with E-state index in [1.54, 1.807) is 4.90 Å². The van der Waals surface area contributed by atoms with Crippen LogP contribution in [0.25, 0.3) is 22.2 Å². The fourth-order valence-corrected chi connectivity index (χ4v) is 3.66. The van der Waals surface area contributed by atoms with Gasteiger partial charge in [0.15, 0.2) is 0 Å². The lowest BCUT2D eigenvalue weighted by atomic mass is 10.1. The number of hydrogen-bond donors (Lipinski definition) is 1. The number of hydrogen-bond acceptors (Lipinski definition) is 4. The summed E-state index contributed by atoms with van der Waals surface area (Å²) in [5.41, 5.74) is 8.90. The number of carbonyl (C=O) groups is 1. The van der Waals surface area contributed by atoms with Gasteiger partial charge < -0.3 is 15.2 Å². The van der Waals surface area contributed by atoms with E-state index in [1.165, 1.54) is 12.4 Å². The van der Waals surface area contributed by atoms with E-state index >= 15 is 0 Å². The van der Waals surface area contributed by atoms with E-state index in [0.717, 1.165) is 28.6 Å². The lowest BCUT2D eigenvalue weighted by Gasteiger charge is -2.15. The first-order valence-corrected chi connectivity index (χ1v) is 8.74. The molecule has 2 N–H and O–H groups in total. The van der Waals surface area contributed by atoms with Crippen LogP contribution in [0.3, 0.4) is 0 Å². The molecule has 0 saturated carbocycles. The molecule has 1 unspecified atom stereocenters. The molecule has 0 radical (unpaired) electrons. The topological polar surface area (TPSA) is 77.0 Å². The highest BCUT2D eigenvalue weighted by molar-refractivity contribution is 6.30. The summed E-state index contributed by atoms with van der Waals surface area (Å²) in [6, 6.07) is 7.74. The minimum Gasteiger partial charge on any atom is -0.383 e. The highest BCUT2D eigenvalue weighted by atomic mass is 35.5. The van der Waals surface area contributed by atoms with Gasteiger partial charge >= 0.3 is 0 Å². The predicted octanol–water partition coefficient (Wildman–Crippen LogP) is 3.29. The third-order valence-electron chi connectivity index (χ3n) is 4.84. The second-order valence-corrected chi connectivity index (χ2v) is 6.78. The quantitative estimate of drug-likeness (QED) is 0.720. The molecule has 132 valence electrons. The van der Waals surface area contributed by atoms with Crippen LogP contribution < -0.4 is 5.73 Å².